The van der Waals surface area contributed by atoms with Crippen molar-refractivity contribution >= 4 is 11.6 Å². The molecule has 5 rings (SSSR count). The largest absolute Gasteiger partial charge is 0.368 e. The summed E-state index contributed by atoms with van der Waals surface area (Å²) in [6.07, 6.45) is 0. The Bertz CT molecular complexity index is 1280. The van der Waals surface area contributed by atoms with Gasteiger partial charge in [-0.1, -0.05) is 48.5 Å². The summed E-state index contributed by atoms with van der Waals surface area (Å²) < 4.78 is 15.6. The van der Waals surface area contributed by atoms with Crippen LogP contribution in [-0.2, 0) is 11.3 Å². The molecule has 6 heteroatoms. The summed E-state index contributed by atoms with van der Waals surface area (Å²) in [5.74, 6) is -0.189. The Morgan fingerprint density at radius 2 is 1.53 bits per heavy atom. The Morgan fingerprint density at radius 1 is 0.853 bits per heavy atom. The molecule has 0 radical (unpaired) electrons. The van der Waals surface area contributed by atoms with Crippen LogP contribution in [0.5, 0.6) is 0 Å². The van der Waals surface area contributed by atoms with E-state index in [0.29, 0.717) is 18.7 Å². The van der Waals surface area contributed by atoms with Gasteiger partial charge >= 0.3 is 0 Å². The summed E-state index contributed by atoms with van der Waals surface area (Å²) in [5.41, 5.74) is 5.17. The van der Waals surface area contributed by atoms with Gasteiger partial charge in [0.1, 0.15) is 12.4 Å². The van der Waals surface area contributed by atoms with Crippen molar-refractivity contribution in [3.63, 3.8) is 0 Å². The Kier molecular flexibility index (Phi) is 6.12. The molecule has 172 valence electrons. The van der Waals surface area contributed by atoms with Gasteiger partial charge < -0.3 is 9.80 Å². The molecule has 0 unspecified atom stereocenters. The third-order valence-electron chi connectivity index (χ3n) is 6.34. The molecule has 3 aromatic carbocycles. The van der Waals surface area contributed by atoms with Gasteiger partial charge in [-0.05, 0) is 54.4 Å². The van der Waals surface area contributed by atoms with Crippen LogP contribution >= 0.6 is 0 Å². The lowest BCUT2D eigenvalue weighted by atomic mass is 10.1. The van der Waals surface area contributed by atoms with Crippen LogP contribution in [0, 0.1) is 12.7 Å². The molecule has 0 N–H and O–H groups in total. The lowest BCUT2D eigenvalue weighted by Gasteiger charge is -2.36. The summed E-state index contributed by atoms with van der Waals surface area (Å²) in [5, 5.41) is 4.76. The molecule has 1 aromatic heterocycles. The van der Waals surface area contributed by atoms with Gasteiger partial charge in [-0.25, -0.2) is 4.39 Å². The minimum atomic E-state index is -0.240. The van der Waals surface area contributed by atoms with E-state index in [1.54, 1.807) is 23.7 Å². The number of amides is 1. The first kappa shape index (κ1) is 21.9. The lowest BCUT2D eigenvalue weighted by Crippen LogP contribution is -2.49. The fourth-order valence-corrected chi connectivity index (χ4v) is 4.40. The number of carbonyl (C=O) groups is 1. The molecule has 0 atom stereocenters. The number of aromatic nitrogens is 2. The first-order valence-corrected chi connectivity index (χ1v) is 11.6. The highest BCUT2D eigenvalue weighted by Gasteiger charge is 2.23. The van der Waals surface area contributed by atoms with Crippen LogP contribution in [0.15, 0.2) is 84.9 Å². The molecule has 34 heavy (non-hydrogen) atoms. The van der Waals surface area contributed by atoms with Gasteiger partial charge in [0.15, 0.2) is 0 Å². The van der Waals surface area contributed by atoms with Crippen molar-refractivity contribution in [1.82, 2.24) is 14.7 Å². The van der Waals surface area contributed by atoms with E-state index < -0.39 is 0 Å². The van der Waals surface area contributed by atoms with E-state index in [4.69, 9.17) is 5.10 Å². The number of nitrogens with zero attached hydrogens (tertiary/aromatic N) is 4. The molecule has 1 aliphatic rings. The molecule has 1 amide bonds. The summed E-state index contributed by atoms with van der Waals surface area (Å²) >= 11 is 0. The van der Waals surface area contributed by atoms with E-state index in [0.717, 1.165) is 35.6 Å². The van der Waals surface area contributed by atoms with Gasteiger partial charge in [0.2, 0.25) is 5.91 Å². The van der Waals surface area contributed by atoms with E-state index in [1.807, 2.05) is 59.5 Å². The third-order valence-corrected chi connectivity index (χ3v) is 6.34. The van der Waals surface area contributed by atoms with Gasteiger partial charge in [0.25, 0.3) is 0 Å². The van der Waals surface area contributed by atoms with E-state index in [2.05, 4.69) is 17.0 Å². The average molecular weight is 455 g/mol. The fraction of sp³-hybridized carbons (Fsp3) is 0.214. The maximum atomic E-state index is 13.8. The minimum Gasteiger partial charge on any atom is -0.368 e. The third kappa shape index (κ3) is 4.57. The van der Waals surface area contributed by atoms with Crippen LogP contribution < -0.4 is 4.90 Å². The molecule has 0 saturated carbocycles. The molecule has 0 bridgehead atoms. The molecular weight excluding hydrogens is 427 g/mol. The molecule has 0 aliphatic carbocycles. The number of hydrogen-bond donors (Lipinski definition) is 0. The number of anilines is 1. The Hall–Kier alpha value is -3.93. The SMILES string of the molecule is Cc1cc(-c2cc(-c3ccccc3)n(CC(=O)N3CCN(c4ccccc4)CC3)n2)ccc1F. The van der Waals surface area contributed by atoms with Gasteiger partial charge in [-0.3, -0.25) is 9.48 Å². The molecule has 4 aromatic rings. The Balaban J connectivity index is 1.36. The zero-order valence-corrected chi connectivity index (χ0v) is 19.2. The molecule has 1 saturated heterocycles. The monoisotopic (exact) mass is 454 g/mol. The van der Waals surface area contributed by atoms with Gasteiger partial charge in [0, 0.05) is 37.4 Å². The first-order valence-electron chi connectivity index (χ1n) is 11.6. The zero-order chi connectivity index (χ0) is 23.5. The summed E-state index contributed by atoms with van der Waals surface area (Å²) in [7, 11) is 0. The molecule has 0 spiro atoms. The van der Waals surface area contributed by atoms with Crippen molar-refractivity contribution in [1.29, 1.82) is 0 Å². The molecule has 5 nitrogen and oxygen atoms in total. The maximum absolute atomic E-state index is 13.8. The predicted octanol–water partition coefficient (Wildman–Crippen LogP) is 5.01. The molecular formula is C28H27FN4O. The van der Waals surface area contributed by atoms with E-state index in [9.17, 15) is 9.18 Å². The highest BCUT2D eigenvalue weighted by Crippen LogP contribution is 2.27. The average Bonchev–Trinajstić information content (AvgIpc) is 3.30. The number of piperazine rings is 1. The number of halogens is 1. The molecule has 1 aliphatic heterocycles. The number of benzene rings is 3. The smallest absolute Gasteiger partial charge is 0.244 e. The summed E-state index contributed by atoms with van der Waals surface area (Å²) in [4.78, 5) is 17.5. The summed E-state index contributed by atoms with van der Waals surface area (Å²) in [6, 6.07) is 27.2. The van der Waals surface area contributed by atoms with Crippen molar-refractivity contribution < 1.29 is 9.18 Å². The minimum absolute atomic E-state index is 0.0508. The normalized spacial score (nSPS) is 13.8. The van der Waals surface area contributed by atoms with Crippen LogP contribution in [0.3, 0.4) is 0 Å². The fourth-order valence-electron chi connectivity index (χ4n) is 4.40. The van der Waals surface area contributed by atoms with E-state index in [1.165, 1.54) is 11.8 Å². The molecule has 1 fully saturated rings. The first-order chi connectivity index (χ1) is 16.6. The second kappa shape index (κ2) is 9.51. The summed E-state index contributed by atoms with van der Waals surface area (Å²) in [6.45, 7) is 4.88. The van der Waals surface area contributed by atoms with Crippen LogP contribution in [0.2, 0.25) is 0 Å². The van der Waals surface area contributed by atoms with Crippen LogP contribution in [-0.4, -0.2) is 46.8 Å². The van der Waals surface area contributed by atoms with Gasteiger partial charge in [0.05, 0.1) is 11.4 Å². The maximum Gasteiger partial charge on any atom is 0.244 e. The standard InChI is InChI=1S/C28H27FN4O/c1-21-18-23(12-13-25(21)29)26-19-27(22-8-4-2-5-9-22)33(30-26)20-28(34)32-16-14-31(15-17-32)24-10-6-3-7-11-24/h2-13,18-19H,14-17,20H2,1H3. The number of hydrogen-bond acceptors (Lipinski definition) is 3. The van der Waals surface area contributed by atoms with Gasteiger partial charge in [-0.15, -0.1) is 0 Å². The van der Waals surface area contributed by atoms with Gasteiger partial charge in [-0.2, -0.15) is 5.10 Å². The number of aryl methyl sites for hydroxylation is 1. The lowest BCUT2D eigenvalue weighted by molar-refractivity contribution is -0.132. The van der Waals surface area contributed by atoms with Crippen molar-refractivity contribution in [2.24, 2.45) is 0 Å². The van der Waals surface area contributed by atoms with Crippen molar-refractivity contribution in [2.75, 3.05) is 31.1 Å². The second-order valence-electron chi connectivity index (χ2n) is 8.61. The topological polar surface area (TPSA) is 41.4 Å². The highest BCUT2D eigenvalue weighted by molar-refractivity contribution is 5.78. The quantitative estimate of drug-likeness (QED) is 0.426. The van der Waals surface area contributed by atoms with Crippen LogP contribution in [0.25, 0.3) is 22.5 Å². The number of carbonyl (C=O) groups excluding carboxylic acids is 1. The van der Waals surface area contributed by atoms with E-state index >= 15 is 0 Å². The van der Waals surface area contributed by atoms with E-state index in [-0.39, 0.29) is 18.3 Å². The number of rotatable bonds is 5. The predicted molar refractivity (Wildman–Crippen MR) is 133 cm³/mol. The Labute approximate surface area is 199 Å². The van der Waals surface area contributed by atoms with Crippen LogP contribution in [0.4, 0.5) is 10.1 Å². The second-order valence-corrected chi connectivity index (χ2v) is 8.61. The van der Waals surface area contributed by atoms with Crippen molar-refractivity contribution in [3.05, 3.63) is 96.3 Å². The van der Waals surface area contributed by atoms with Crippen LogP contribution in [0.1, 0.15) is 5.56 Å². The molecule has 2 heterocycles. The number of para-hydroxylation sites is 1. The van der Waals surface area contributed by atoms with Crippen molar-refractivity contribution in [3.8, 4) is 22.5 Å². The van der Waals surface area contributed by atoms with Crippen molar-refractivity contribution in [2.45, 2.75) is 13.5 Å². The highest BCUT2D eigenvalue weighted by atomic mass is 19.1. The Morgan fingerprint density at radius 3 is 2.21 bits per heavy atom. The zero-order valence-electron chi connectivity index (χ0n) is 19.2.